The van der Waals surface area contributed by atoms with Gasteiger partial charge in [0.05, 0.1) is 11.1 Å². The highest BCUT2D eigenvalue weighted by Crippen LogP contribution is 2.27. The van der Waals surface area contributed by atoms with E-state index in [1.54, 1.807) is 56.3 Å². The minimum atomic E-state index is -0.913. The Kier molecular flexibility index (Phi) is 5.53. The molecule has 1 atom stereocenters. The summed E-state index contributed by atoms with van der Waals surface area (Å²) in [6.07, 6.45) is 0. The van der Waals surface area contributed by atoms with Gasteiger partial charge in [0.1, 0.15) is 6.04 Å². The maximum atomic E-state index is 12.8. The van der Waals surface area contributed by atoms with Gasteiger partial charge >= 0.3 is 0 Å². The van der Waals surface area contributed by atoms with Crippen molar-refractivity contribution in [2.75, 3.05) is 0 Å². The summed E-state index contributed by atoms with van der Waals surface area (Å²) in [5.74, 6) is -1.57. The van der Waals surface area contributed by atoms with Gasteiger partial charge < -0.3 is 5.32 Å². The first-order chi connectivity index (χ1) is 12.8. The number of nitrogens with zero attached hydrogens (tertiary/aromatic N) is 1. The molecule has 0 aromatic heterocycles. The third-order valence-corrected chi connectivity index (χ3v) is 5.06. The molecule has 2 aromatic carbocycles. The smallest absolute Gasteiger partial charge is 0.262 e. The molecule has 0 fully saturated rings. The first-order valence-corrected chi connectivity index (χ1v) is 9.25. The molecule has 3 amide bonds. The minimum Gasteiger partial charge on any atom is -0.350 e. The molecule has 1 aliphatic rings. The van der Waals surface area contributed by atoms with Gasteiger partial charge in [0.15, 0.2) is 0 Å². The van der Waals surface area contributed by atoms with Gasteiger partial charge in [0.2, 0.25) is 5.91 Å². The number of carbonyl (C=O) groups excluding carboxylic acids is 3. The largest absolute Gasteiger partial charge is 0.350 e. The molecule has 7 heteroatoms. The second kappa shape index (κ2) is 7.71. The van der Waals surface area contributed by atoms with Crippen LogP contribution >= 0.6 is 23.2 Å². The highest BCUT2D eigenvalue weighted by molar-refractivity contribution is 6.35. The number of halogens is 2. The quantitative estimate of drug-likeness (QED) is 0.767. The molecule has 0 unspecified atom stereocenters. The second-order valence-electron chi connectivity index (χ2n) is 6.67. The topological polar surface area (TPSA) is 66.5 Å². The van der Waals surface area contributed by atoms with Crippen molar-refractivity contribution in [3.05, 3.63) is 69.2 Å². The molecular formula is C20H18Cl2N2O3. The number of nitrogens with one attached hydrogen (secondary N) is 1. The summed E-state index contributed by atoms with van der Waals surface area (Å²) in [7, 11) is 0. The number of amides is 3. The molecule has 27 heavy (non-hydrogen) atoms. The Morgan fingerprint density at radius 1 is 1.04 bits per heavy atom. The van der Waals surface area contributed by atoms with Crippen molar-refractivity contribution >= 4 is 40.9 Å². The van der Waals surface area contributed by atoms with E-state index in [1.165, 1.54) is 0 Å². The van der Waals surface area contributed by atoms with Crippen molar-refractivity contribution in [3.8, 4) is 0 Å². The van der Waals surface area contributed by atoms with Crippen molar-refractivity contribution in [3.63, 3.8) is 0 Å². The van der Waals surface area contributed by atoms with Crippen molar-refractivity contribution < 1.29 is 14.4 Å². The number of hydrogen-bond acceptors (Lipinski definition) is 3. The Morgan fingerprint density at radius 2 is 1.63 bits per heavy atom. The summed E-state index contributed by atoms with van der Waals surface area (Å²) in [6.45, 7) is 3.76. The molecule has 0 aliphatic carbocycles. The molecule has 1 aliphatic heterocycles. The molecule has 0 spiro atoms. The van der Waals surface area contributed by atoms with Crippen LogP contribution in [-0.2, 0) is 11.3 Å². The van der Waals surface area contributed by atoms with Gasteiger partial charge in [-0.1, -0.05) is 55.2 Å². The average molecular weight is 405 g/mol. The van der Waals surface area contributed by atoms with E-state index in [9.17, 15) is 14.4 Å². The van der Waals surface area contributed by atoms with Crippen molar-refractivity contribution in [1.82, 2.24) is 10.2 Å². The lowest BCUT2D eigenvalue weighted by atomic mass is 10.0. The highest BCUT2D eigenvalue weighted by Gasteiger charge is 2.43. The maximum absolute atomic E-state index is 12.8. The Hall–Kier alpha value is -2.37. The molecule has 5 nitrogen and oxygen atoms in total. The van der Waals surface area contributed by atoms with Crippen molar-refractivity contribution in [2.45, 2.75) is 26.4 Å². The number of rotatable bonds is 5. The number of benzene rings is 2. The maximum Gasteiger partial charge on any atom is 0.262 e. The van der Waals surface area contributed by atoms with E-state index in [0.29, 0.717) is 26.7 Å². The number of imide groups is 1. The summed E-state index contributed by atoms with van der Waals surface area (Å²) in [5.41, 5.74) is 1.34. The Morgan fingerprint density at radius 3 is 2.15 bits per heavy atom. The third kappa shape index (κ3) is 3.70. The van der Waals surface area contributed by atoms with Gasteiger partial charge in [-0.25, -0.2) is 0 Å². The SMILES string of the molecule is CC(C)[C@@H](C(=O)NCc1ccc(Cl)cc1Cl)N1C(=O)c2ccccc2C1=O. The van der Waals surface area contributed by atoms with Crippen LogP contribution in [0.1, 0.15) is 40.1 Å². The van der Waals surface area contributed by atoms with Gasteiger partial charge in [-0.05, 0) is 35.7 Å². The van der Waals surface area contributed by atoms with Crippen molar-refractivity contribution in [1.29, 1.82) is 0 Å². The van der Waals surface area contributed by atoms with E-state index in [4.69, 9.17) is 23.2 Å². The van der Waals surface area contributed by atoms with Gasteiger partial charge in [0, 0.05) is 16.6 Å². The van der Waals surface area contributed by atoms with Crippen LogP contribution in [-0.4, -0.2) is 28.7 Å². The van der Waals surface area contributed by atoms with E-state index in [1.807, 2.05) is 0 Å². The Labute approximate surface area is 167 Å². The van der Waals surface area contributed by atoms with E-state index in [-0.39, 0.29) is 12.5 Å². The number of hydrogen-bond donors (Lipinski definition) is 1. The van der Waals surface area contributed by atoms with Crippen LogP contribution < -0.4 is 5.32 Å². The molecular weight excluding hydrogens is 387 g/mol. The summed E-state index contributed by atoms with van der Waals surface area (Å²) in [6, 6.07) is 10.7. The van der Waals surface area contributed by atoms with Crippen molar-refractivity contribution in [2.24, 2.45) is 5.92 Å². The molecule has 2 aromatic rings. The normalized spacial score (nSPS) is 14.5. The Balaban J connectivity index is 1.81. The van der Waals surface area contributed by atoms with Gasteiger partial charge in [-0.15, -0.1) is 0 Å². The van der Waals surface area contributed by atoms with Crippen LogP contribution in [0, 0.1) is 5.92 Å². The minimum absolute atomic E-state index is 0.168. The lowest BCUT2D eigenvalue weighted by molar-refractivity contribution is -0.126. The molecule has 0 saturated carbocycles. The van der Waals surface area contributed by atoms with Crippen LogP contribution in [0.4, 0.5) is 0 Å². The fraction of sp³-hybridized carbons (Fsp3) is 0.250. The zero-order valence-corrected chi connectivity index (χ0v) is 16.3. The first-order valence-electron chi connectivity index (χ1n) is 8.49. The molecule has 1 N–H and O–H groups in total. The number of carbonyl (C=O) groups is 3. The van der Waals surface area contributed by atoms with Gasteiger partial charge in [0.25, 0.3) is 11.8 Å². The van der Waals surface area contributed by atoms with Gasteiger partial charge in [-0.3, -0.25) is 19.3 Å². The summed E-state index contributed by atoms with van der Waals surface area (Å²) >= 11 is 12.0. The fourth-order valence-electron chi connectivity index (χ4n) is 3.13. The lowest BCUT2D eigenvalue weighted by Crippen LogP contribution is -2.52. The second-order valence-corrected chi connectivity index (χ2v) is 7.51. The monoisotopic (exact) mass is 404 g/mol. The fourth-order valence-corrected chi connectivity index (χ4v) is 3.61. The first kappa shape index (κ1) is 19.4. The average Bonchev–Trinajstić information content (AvgIpc) is 2.86. The van der Waals surface area contributed by atoms with Gasteiger partial charge in [-0.2, -0.15) is 0 Å². The summed E-state index contributed by atoms with van der Waals surface area (Å²) in [5, 5.41) is 3.71. The van der Waals surface area contributed by atoms with Crippen LogP contribution in [0.2, 0.25) is 10.0 Å². The van der Waals surface area contributed by atoms with Crippen LogP contribution in [0.3, 0.4) is 0 Å². The van der Waals surface area contributed by atoms with E-state index < -0.39 is 23.8 Å². The van der Waals surface area contributed by atoms with Crippen LogP contribution in [0.25, 0.3) is 0 Å². The predicted octanol–water partition coefficient (Wildman–Crippen LogP) is 3.93. The van der Waals surface area contributed by atoms with Crippen LogP contribution in [0.15, 0.2) is 42.5 Å². The molecule has 0 saturated heterocycles. The molecule has 140 valence electrons. The summed E-state index contributed by atoms with van der Waals surface area (Å²) < 4.78 is 0. The highest BCUT2D eigenvalue weighted by atomic mass is 35.5. The number of fused-ring (bicyclic) bond motifs is 1. The van der Waals surface area contributed by atoms with E-state index in [0.717, 1.165) is 4.90 Å². The Bertz CT molecular complexity index is 892. The molecule has 3 rings (SSSR count). The van der Waals surface area contributed by atoms with Crippen LogP contribution in [0.5, 0.6) is 0 Å². The standard InChI is InChI=1S/C20H18Cl2N2O3/c1-11(2)17(18(25)23-10-12-7-8-13(21)9-16(12)22)24-19(26)14-5-3-4-6-15(14)20(24)27/h3-9,11,17H,10H2,1-2H3,(H,23,25)/t17-/m0/s1. The molecule has 0 radical (unpaired) electrons. The summed E-state index contributed by atoms with van der Waals surface area (Å²) in [4.78, 5) is 39.3. The lowest BCUT2D eigenvalue weighted by Gasteiger charge is -2.28. The molecule has 0 bridgehead atoms. The predicted molar refractivity (Wildman–Crippen MR) is 104 cm³/mol. The zero-order valence-electron chi connectivity index (χ0n) is 14.8. The van der Waals surface area contributed by atoms with E-state index >= 15 is 0 Å². The third-order valence-electron chi connectivity index (χ3n) is 4.47. The zero-order chi connectivity index (χ0) is 19.7. The van der Waals surface area contributed by atoms with E-state index in [2.05, 4.69) is 5.32 Å². The molecule has 1 heterocycles.